The number of amides is 1. The van der Waals surface area contributed by atoms with E-state index in [4.69, 9.17) is 0 Å². The monoisotopic (exact) mass is 492 g/mol. The minimum absolute atomic E-state index is 0.0964. The second kappa shape index (κ2) is 12.5. The van der Waals surface area contributed by atoms with Crippen molar-refractivity contribution in [3.05, 3.63) is 90.0 Å². The van der Waals surface area contributed by atoms with Crippen molar-refractivity contribution < 1.29 is 13.2 Å². The molecule has 0 aliphatic rings. The quantitative estimate of drug-likeness (QED) is 0.324. The molecule has 1 atom stereocenters. The van der Waals surface area contributed by atoms with E-state index in [0.717, 1.165) is 36.0 Å². The predicted molar refractivity (Wildman–Crippen MR) is 145 cm³/mol. The van der Waals surface area contributed by atoms with Crippen LogP contribution < -0.4 is 9.62 Å². The zero-order valence-electron chi connectivity index (χ0n) is 20.9. The Labute approximate surface area is 210 Å². The number of benzene rings is 3. The van der Waals surface area contributed by atoms with E-state index in [0.29, 0.717) is 23.7 Å². The average Bonchev–Trinajstić information content (AvgIpc) is 2.87. The Kier molecular flexibility index (Phi) is 9.49. The highest BCUT2D eigenvalue weighted by molar-refractivity contribution is 7.92. The second-order valence-electron chi connectivity index (χ2n) is 8.98. The fourth-order valence-electron chi connectivity index (χ4n) is 4.14. The van der Waals surface area contributed by atoms with Crippen molar-refractivity contribution in [1.29, 1.82) is 0 Å². The zero-order valence-corrected chi connectivity index (χ0v) is 21.7. The summed E-state index contributed by atoms with van der Waals surface area (Å²) in [4.78, 5) is 12.6. The van der Waals surface area contributed by atoms with E-state index in [1.165, 1.54) is 17.0 Å². The molecule has 0 spiro atoms. The molecule has 1 unspecified atom stereocenters. The van der Waals surface area contributed by atoms with Gasteiger partial charge in [0.1, 0.15) is 0 Å². The van der Waals surface area contributed by atoms with E-state index in [9.17, 15) is 13.2 Å². The molecule has 1 N–H and O–H groups in total. The third-order valence-electron chi connectivity index (χ3n) is 6.29. The third-order valence-corrected chi connectivity index (χ3v) is 7.42. The summed E-state index contributed by atoms with van der Waals surface area (Å²) in [7, 11) is -3.55. The lowest BCUT2D eigenvalue weighted by atomic mass is 9.99. The number of sulfonamides is 1. The Morgan fingerprint density at radius 1 is 0.914 bits per heavy atom. The summed E-state index contributed by atoms with van der Waals surface area (Å²) in [5, 5.41) is 3.05. The Hall–Kier alpha value is -3.12. The lowest BCUT2D eigenvalue weighted by Gasteiger charge is -2.25. The summed E-state index contributed by atoms with van der Waals surface area (Å²) in [5.74, 6) is 0.395. The zero-order chi connectivity index (χ0) is 25.3. The highest BCUT2D eigenvalue weighted by Gasteiger charge is 2.21. The fourth-order valence-corrected chi connectivity index (χ4v) is 5.04. The van der Waals surface area contributed by atoms with Crippen molar-refractivity contribution in [3.63, 3.8) is 0 Å². The molecule has 3 rings (SSSR count). The SMILES string of the molecule is CCCCC(CC)CNC(=O)c1ccc(CN(c2ccccc2-c2ccccc2)S(C)(=O)=O)cc1. The van der Waals surface area contributed by atoms with Crippen LogP contribution >= 0.6 is 0 Å². The molecule has 0 saturated heterocycles. The molecule has 6 heteroatoms. The van der Waals surface area contributed by atoms with Gasteiger partial charge in [-0.05, 0) is 41.7 Å². The van der Waals surface area contributed by atoms with Gasteiger partial charge >= 0.3 is 0 Å². The topological polar surface area (TPSA) is 66.5 Å². The van der Waals surface area contributed by atoms with Gasteiger partial charge < -0.3 is 5.32 Å². The number of anilines is 1. The van der Waals surface area contributed by atoms with Crippen molar-refractivity contribution in [2.24, 2.45) is 5.92 Å². The standard InChI is InChI=1S/C29H36N2O3S/c1-4-6-12-23(5-2)21-30-29(32)26-19-17-24(18-20-26)22-31(35(3,33)34)28-16-11-10-15-27(28)25-13-8-7-9-14-25/h7-11,13-20,23H,4-6,12,21-22H2,1-3H3,(H,30,32). The van der Waals surface area contributed by atoms with Crippen molar-refractivity contribution >= 4 is 21.6 Å². The van der Waals surface area contributed by atoms with E-state index in [1.807, 2.05) is 66.7 Å². The Morgan fingerprint density at radius 2 is 1.57 bits per heavy atom. The van der Waals surface area contributed by atoms with Gasteiger partial charge in [0.05, 0.1) is 18.5 Å². The minimum atomic E-state index is -3.55. The van der Waals surface area contributed by atoms with Gasteiger partial charge in [0.25, 0.3) is 5.91 Å². The highest BCUT2D eigenvalue weighted by Crippen LogP contribution is 2.33. The molecule has 35 heavy (non-hydrogen) atoms. The number of rotatable bonds is 12. The number of carbonyl (C=O) groups excluding carboxylic acids is 1. The van der Waals surface area contributed by atoms with Gasteiger partial charge in [-0.1, -0.05) is 93.8 Å². The lowest BCUT2D eigenvalue weighted by Crippen LogP contribution is -2.30. The molecular formula is C29H36N2O3S. The second-order valence-corrected chi connectivity index (χ2v) is 10.9. The molecule has 0 bridgehead atoms. The summed E-state index contributed by atoms with van der Waals surface area (Å²) in [6.07, 6.45) is 5.72. The Bertz CT molecular complexity index is 1190. The number of carbonyl (C=O) groups is 1. The number of nitrogens with one attached hydrogen (secondary N) is 1. The molecule has 3 aromatic rings. The van der Waals surface area contributed by atoms with Crippen molar-refractivity contribution in [1.82, 2.24) is 5.32 Å². The predicted octanol–water partition coefficient (Wildman–Crippen LogP) is 6.27. The van der Waals surface area contributed by atoms with Crippen LogP contribution in [-0.2, 0) is 16.6 Å². The fraction of sp³-hybridized carbons (Fsp3) is 0.345. The lowest BCUT2D eigenvalue weighted by molar-refractivity contribution is 0.0946. The summed E-state index contributed by atoms with van der Waals surface area (Å²) in [6.45, 7) is 5.19. The normalized spacial score (nSPS) is 12.2. The third kappa shape index (κ3) is 7.43. The maximum atomic E-state index is 12.8. The van der Waals surface area contributed by atoms with Crippen LogP contribution in [0.2, 0.25) is 0 Å². The van der Waals surface area contributed by atoms with Gasteiger partial charge in [-0.3, -0.25) is 9.10 Å². The van der Waals surface area contributed by atoms with Crippen molar-refractivity contribution in [2.75, 3.05) is 17.1 Å². The van der Waals surface area contributed by atoms with E-state index in [1.54, 1.807) is 12.1 Å². The van der Waals surface area contributed by atoms with Gasteiger partial charge in [-0.15, -0.1) is 0 Å². The number of hydrogen-bond donors (Lipinski definition) is 1. The first kappa shape index (κ1) is 26.5. The Balaban J connectivity index is 1.77. The van der Waals surface area contributed by atoms with Crippen LogP contribution in [0, 0.1) is 5.92 Å². The summed E-state index contributed by atoms with van der Waals surface area (Å²) < 4.78 is 27.0. The van der Waals surface area contributed by atoms with Crippen LogP contribution in [0.15, 0.2) is 78.9 Å². The van der Waals surface area contributed by atoms with Crippen molar-refractivity contribution in [2.45, 2.75) is 46.1 Å². The van der Waals surface area contributed by atoms with E-state index < -0.39 is 10.0 Å². The molecule has 0 aromatic heterocycles. The van der Waals surface area contributed by atoms with Gasteiger partial charge in [0.2, 0.25) is 10.0 Å². The average molecular weight is 493 g/mol. The molecule has 0 heterocycles. The summed E-state index contributed by atoms with van der Waals surface area (Å²) in [5.41, 5.74) is 3.82. The number of unbranched alkanes of at least 4 members (excludes halogenated alkanes) is 1. The number of hydrogen-bond acceptors (Lipinski definition) is 3. The molecule has 3 aromatic carbocycles. The van der Waals surface area contributed by atoms with Crippen LogP contribution in [0.3, 0.4) is 0 Å². The van der Waals surface area contributed by atoms with Crippen LogP contribution in [-0.4, -0.2) is 27.1 Å². The molecule has 5 nitrogen and oxygen atoms in total. The van der Waals surface area contributed by atoms with Crippen LogP contribution in [0.5, 0.6) is 0 Å². The van der Waals surface area contributed by atoms with Gasteiger partial charge in [-0.25, -0.2) is 8.42 Å². The van der Waals surface area contributed by atoms with Crippen molar-refractivity contribution in [3.8, 4) is 11.1 Å². The van der Waals surface area contributed by atoms with Crippen LogP contribution in [0.1, 0.15) is 55.5 Å². The Morgan fingerprint density at radius 3 is 2.20 bits per heavy atom. The van der Waals surface area contributed by atoms with Gasteiger partial charge in [-0.2, -0.15) is 0 Å². The number of para-hydroxylation sites is 1. The molecule has 0 fully saturated rings. The molecule has 0 aliphatic heterocycles. The molecule has 0 radical (unpaired) electrons. The maximum Gasteiger partial charge on any atom is 0.251 e. The van der Waals surface area contributed by atoms with Gasteiger partial charge in [0.15, 0.2) is 0 Å². The van der Waals surface area contributed by atoms with Crippen LogP contribution in [0.25, 0.3) is 11.1 Å². The molecule has 1 amide bonds. The summed E-state index contributed by atoms with van der Waals surface area (Å²) in [6, 6.07) is 24.4. The first-order chi connectivity index (χ1) is 16.8. The molecule has 186 valence electrons. The van der Waals surface area contributed by atoms with E-state index in [-0.39, 0.29) is 12.5 Å². The minimum Gasteiger partial charge on any atom is -0.352 e. The molecule has 0 saturated carbocycles. The molecule has 0 aliphatic carbocycles. The molecular weight excluding hydrogens is 456 g/mol. The largest absolute Gasteiger partial charge is 0.352 e. The number of nitrogens with zero attached hydrogens (tertiary/aromatic N) is 1. The van der Waals surface area contributed by atoms with E-state index in [2.05, 4.69) is 19.2 Å². The first-order valence-corrected chi connectivity index (χ1v) is 14.2. The first-order valence-electron chi connectivity index (χ1n) is 12.3. The summed E-state index contributed by atoms with van der Waals surface area (Å²) >= 11 is 0. The van der Waals surface area contributed by atoms with Crippen LogP contribution in [0.4, 0.5) is 5.69 Å². The van der Waals surface area contributed by atoms with E-state index >= 15 is 0 Å². The highest BCUT2D eigenvalue weighted by atomic mass is 32.2. The van der Waals surface area contributed by atoms with Gasteiger partial charge in [0, 0.05) is 17.7 Å². The smallest absolute Gasteiger partial charge is 0.251 e. The maximum absolute atomic E-state index is 12.8.